The van der Waals surface area contributed by atoms with Gasteiger partial charge in [0.05, 0.1) is 22.8 Å². The zero-order valence-electron chi connectivity index (χ0n) is 30.5. The third-order valence-electron chi connectivity index (χ3n) is 11.7. The molecule has 8 aromatic rings. The lowest BCUT2D eigenvalue weighted by molar-refractivity contribution is 0.960. The van der Waals surface area contributed by atoms with E-state index in [1.807, 2.05) is 0 Å². The van der Waals surface area contributed by atoms with Gasteiger partial charge in [0.2, 0.25) is 0 Å². The zero-order valence-corrected chi connectivity index (χ0v) is 32.0. The van der Waals surface area contributed by atoms with E-state index in [-0.39, 0.29) is 0 Å². The van der Waals surface area contributed by atoms with Crippen molar-refractivity contribution in [1.29, 1.82) is 0 Å². The van der Waals surface area contributed by atoms with Crippen molar-refractivity contribution in [3.8, 4) is 44.5 Å². The average molecular weight is 758 g/mol. The third kappa shape index (κ3) is 5.72. The Labute approximate surface area is 336 Å². The van der Waals surface area contributed by atoms with Crippen LogP contribution in [0, 0.1) is 0 Å². The van der Waals surface area contributed by atoms with Gasteiger partial charge in [-0.1, -0.05) is 157 Å². The van der Waals surface area contributed by atoms with Crippen molar-refractivity contribution in [2.45, 2.75) is 25.7 Å². The quantitative estimate of drug-likeness (QED) is 0.147. The van der Waals surface area contributed by atoms with Gasteiger partial charge in [-0.3, -0.25) is 0 Å². The molecule has 7 aliphatic rings. The summed E-state index contributed by atoms with van der Waals surface area (Å²) in [4.78, 5) is 11.6. The van der Waals surface area contributed by atoms with E-state index in [1.165, 1.54) is 22.3 Å². The summed E-state index contributed by atoms with van der Waals surface area (Å²) in [6.07, 6.45) is 3.72. The van der Waals surface area contributed by atoms with E-state index in [9.17, 15) is 0 Å². The fourth-order valence-electron chi connectivity index (χ4n) is 8.74. The molecule has 0 unspecified atom stereocenters. The number of hydrogen-bond donors (Lipinski definition) is 0. The maximum atomic E-state index is 7.06. The van der Waals surface area contributed by atoms with E-state index in [1.54, 1.807) is 0 Å². The van der Waals surface area contributed by atoms with Gasteiger partial charge in [0.1, 0.15) is 0 Å². The van der Waals surface area contributed by atoms with Crippen molar-refractivity contribution in [3.05, 3.63) is 201 Å². The van der Waals surface area contributed by atoms with Crippen molar-refractivity contribution in [2.24, 2.45) is 9.98 Å². The van der Waals surface area contributed by atoms with Gasteiger partial charge in [0.25, 0.3) is 0 Å². The highest BCUT2D eigenvalue weighted by atomic mass is 35.5. The predicted octanol–water partition coefficient (Wildman–Crippen LogP) is 14.3. The van der Waals surface area contributed by atoms with Gasteiger partial charge < -0.3 is 0 Å². The fraction of sp³-hybridized carbons (Fsp3) is 0.0769. The van der Waals surface area contributed by atoms with Gasteiger partial charge in [0.15, 0.2) is 0 Å². The summed E-state index contributed by atoms with van der Waals surface area (Å²) in [6.45, 7) is 0. The molecule has 4 heteroatoms. The summed E-state index contributed by atoms with van der Waals surface area (Å²) < 4.78 is 0. The maximum Gasteiger partial charge on any atom is 0.0979 e. The van der Waals surface area contributed by atoms with Gasteiger partial charge >= 0.3 is 0 Å². The maximum absolute atomic E-state index is 7.06. The molecule has 0 N–H and O–H groups in total. The number of nitrogens with zero attached hydrogens (tertiary/aromatic N) is 2. The molecule has 0 spiro atoms. The first kappa shape index (κ1) is 33.3. The molecular weight excluding hydrogens is 723 g/mol. The second-order valence-electron chi connectivity index (χ2n) is 15.1. The largest absolute Gasteiger partial charge is 0.245 e. The second kappa shape index (κ2) is 13.3. The summed E-state index contributed by atoms with van der Waals surface area (Å²) in [5, 5.41) is 3.65. The summed E-state index contributed by atoms with van der Waals surface area (Å²) in [6, 6.07) is 57.0. The molecule has 0 atom stereocenters. The topological polar surface area (TPSA) is 24.7 Å². The molecule has 6 aliphatic heterocycles. The Balaban J connectivity index is 1.31. The van der Waals surface area contributed by atoms with Crippen LogP contribution in [-0.4, -0.2) is 11.4 Å². The Hall–Kier alpha value is -6.06. The first-order valence-electron chi connectivity index (χ1n) is 19.3. The molecule has 1 aliphatic carbocycles. The normalized spacial score (nSPS) is 13.8. The molecule has 0 amide bonds. The van der Waals surface area contributed by atoms with E-state index in [0.29, 0.717) is 10.0 Å². The number of rotatable bonds is 0. The average Bonchev–Trinajstić information content (AvgIpc) is 3.53. The van der Waals surface area contributed by atoms with Gasteiger partial charge in [0, 0.05) is 48.8 Å². The molecule has 0 aromatic heterocycles. The Bertz CT molecular complexity index is 2600. The van der Waals surface area contributed by atoms with Crippen LogP contribution in [-0.2, 0) is 25.7 Å². The minimum Gasteiger partial charge on any atom is -0.245 e. The van der Waals surface area contributed by atoms with E-state index >= 15 is 0 Å². The molecule has 56 heavy (non-hydrogen) atoms. The molecule has 8 aromatic carbocycles. The predicted molar refractivity (Wildman–Crippen MR) is 236 cm³/mol. The Morgan fingerprint density at radius 1 is 0.339 bits per heavy atom. The standard InChI is InChI=1S/C52H34Cl2N2/c53-40-27-44-35-19-11-31(12-20-35)7-9-33-15-23-37(24-16-33)46-29-41(54)30-47-38-25-17-34(18-26-38)10-8-32-13-21-36(22-14-32)45(28-40)49(44)55-51-42-5-1-3-39-4-2-6-43(48(39)42)52(51)56-50(46)47/h1-6,11-30H,7-10H2. The van der Waals surface area contributed by atoms with Gasteiger partial charge in [-0.05, 0) is 99.8 Å². The van der Waals surface area contributed by atoms with Crippen LogP contribution in [0.3, 0.4) is 0 Å². The number of benzene rings is 8. The summed E-state index contributed by atoms with van der Waals surface area (Å²) in [7, 11) is 0. The van der Waals surface area contributed by atoms with Crippen LogP contribution in [0.15, 0.2) is 168 Å². The Kier molecular flexibility index (Phi) is 7.91. The minimum absolute atomic E-state index is 0.670. The van der Waals surface area contributed by atoms with E-state index in [4.69, 9.17) is 33.2 Å². The molecule has 0 saturated heterocycles. The van der Waals surface area contributed by atoms with Crippen LogP contribution in [0.4, 0.5) is 11.4 Å². The highest BCUT2D eigenvalue weighted by Gasteiger charge is 2.30. The number of hydrogen-bond acceptors (Lipinski definition) is 2. The van der Waals surface area contributed by atoms with E-state index in [0.717, 1.165) is 115 Å². The summed E-state index contributed by atoms with van der Waals surface area (Å²) in [5.74, 6) is 0. The SMILES string of the molecule is Clc1cc2c3c(c1)-c1ccc(cc1)CCc1ccc(cc1)-c1cc(Cl)cc(c1N=C1C(=N3)c3cccc4cccc1c34)-c1ccc(cc1)CCc1ccc-2cc1. The lowest BCUT2D eigenvalue weighted by Crippen LogP contribution is -2.11. The Morgan fingerprint density at radius 2 is 0.643 bits per heavy atom. The van der Waals surface area contributed by atoms with Crippen molar-refractivity contribution in [2.75, 3.05) is 0 Å². The first-order chi connectivity index (χ1) is 27.5. The molecule has 0 radical (unpaired) electrons. The van der Waals surface area contributed by atoms with Crippen LogP contribution in [0.5, 0.6) is 0 Å². The molecule has 10 bridgehead atoms. The molecular formula is C52H34Cl2N2. The minimum atomic E-state index is 0.670. The van der Waals surface area contributed by atoms with E-state index < -0.39 is 0 Å². The smallest absolute Gasteiger partial charge is 0.0979 e. The Morgan fingerprint density at radius 3 is 0.946 bits per heavy atom. The third-order valence-corrected chi connectivity index (χ3v) is 12.1. The van der Waals surface area contributed by atoms with Crippen molar-refractivity contribution < 1.29 is 0 Å². The van der Waals surface area contributed by atoms with Crippen LogP contribution in [0.2, 0.25) is 10.0 Å². The molecule has 266 valence electrons. The van der Waals surface area contributed by atoms with E-state index in [2.05, 4.69) is 158 Å². The zero-order chi connectivity index (χ0) is 37.3. The second-order valence-corrected chi connectivity index (χ2v) is 16.0. The molecule has 2 nitrogen and oxygen atoms in total. The number of fused-ring (bicyclic) bond motifs is 4. The highest BCUT2D eigenvalue weighted by Crippen LogP contribution is 2.47. The monoisotopic (exact) mass is 756 g/mol. The van der Waals surface area contributed by atoms with Crippen LogP contribution < -0.4 is 0 Å². The van der Waals surface area contributed by atoms with Crippen molar-refractivity contribution in [1.82, 2.24) is 0 Å². The van der Waals surface area contributed by atoms with Gasteiger partial charge in [-0.25, -0.2) is 9.98 Å². The number of aryl methyl sites for hydroxylation is 4. The number of aliphatic imine (C=N–C) groups is 2. The molecule has 0 saturated carbocycles. The summed E-state index contributed by atoms with van der Waals surface area (Å²) >= 11 is 14.1. The van der Waals surface area contributed by atoms with Gasteiger partial charge in [-0.15, -0.1) is 0 Å². The number of halogens is 2. The lowest BCUT2D eigenvalue weighted by Gasteiger charge is -2.18. The fourth-order valence-corrected chi connectivity index (χ4v) is 9.18. The van der Waals surface area contributed by atoms with Crippen molar-refractivity contribution >= 4 is 56.8 Å². The first-order valence-corrected chi connectivity index (χ1v) is 20.0. The lowest BCUT2D eigenvalue weighted by atomic mass is 9.92. The van der Waals surface area contributed by atoms with Crippen LogP contribution in [0.25, 0.3) is 55.3 Å². The molecule has 15 rings (SSSR count). The molecule has 6 heterocycles. The van der Waals surface area contributed by atoms with Crippen LogP contribution in [0.1, 0.15) is 33.4 Å². The highest BCUT2D eigenvalue weighted by molar-refractivity contribution is 6.61. The van der Waals surface area contributed by atoms with Crippen molar-refractivity contribution in [3.63, 3.8) is 0 Å². The summed E-state index contributed by atoms with van der Waals surface area (Å²) in [5.41, 5.74) is 18.8. The van der Waals surface area contributed by atoms with Crippen LogP contribution >= 0.6 is 23.2 Å². The molecule has 0 fully saturated rings. The van der Waals surface area contributed by atoms with Gasteiger partial charge in [-0.2, -0.15) is 0 Å².